The van der Waals surface area contributed by atoms with Crippen molar-refractivity contribution in [2.24, 2.45) is 7.05 Å². The minimum atomic E-state index is -4.95. The van der Waals surface area contributed by atoms with Crippen molar-refractivity contribution in [3.8, 4) is 11.7 Å². The van der Waals surface area contributed by atoms with Gasteiger partial charge in [-0.15, -0.1) is 5.10 Å². The first-order valence-electron chi connectivity index (χ1n) is 5.43. The molecule has 0 atom stereocenters. The molecule has 11 heteroatoms. The Morgan fingerprint density at radius 1 is 1.19 bits per heavy atom. The first-order chi connectivity index (χ1) is 9.59. The van der Waals surface area contributed by atoms with E-state index in [1.807, 2.05) is 0 Å². The highest BCUT2D eigenvalue weighted by Gasteiger charge is 2.43. The van der Waals surface area contributed by atoms with Gasteiger partial charge in [-0.05, 0) is 6.07 Å². The molecule has 2 aromatic heterocycles. The summed E-state index contributed by atoms with van der Waals surface area (Å²) in [7, 11) is 1.15. The molecule has 0 aliphatic carbocycles. The monoisotopic (exact) mass is 314 g/mol. The maximum absolute atomic E-state index is 13.1. The van der Waals surface area contributed by atoms with Crippen LogP contribution >= 0.6 is 0 Å². The molecule has 0 bridgehead atoms. The summed E-state index contributed by atoms with van der Waals surface area (Å²) in [5.41, 5.74) is -1.42. The third-order valence-electron chi connectivity index (χ3n) is 2.36. The van der Waals surface area contributed by atoms with Crippen molar-refractivity contribution in [1.82, 2.24) is 19.6 Å². The molecular weight excluding hydrogens is 306 g/mol. The zero-order chi connectivity index (χ0) is 15.8. The minimum Gasteiger partial charge on any atom is -0.466 e. The first-order valence-corrected chi connectivity index (χ1v) is 5.43. The van der Waals surface area contributed by atoms with E-state index in [-0.39, 0.29) is 0 Å². The Balaban J connectivity index is 2.50. The quantitative estimate of drug-likeness (QED) is 0.818. The molecule has 0 saturated carbocycles. The number of rotatable bonds is 3. The molecule has 0 N–H and O–H groups in total. The predicted octanol–water partition coefficient (Wildman–Crippen LogP) is 2.57. The maximum atomic E-state index is 13.1. The second-order valence-electron chi connectivity index (χ2n) is 3.98. The average Bonchev–Trinajstić information content (AvgIpc) is 2.90. The summed E-state index contributed by atoms with van der Waals surface area (Å²) in [6.07, 6.45) is -7.29. The largest absolute Gasteiger partial charge is 0.466 e. The molecule has 0 saturated heterocycles. The second-order valence-corrected chi connectivity index (χ2v) is 3.98. The molecule has 2 heterocycles. The van der Waals surface area contributed by atoms with Gasteiger partial charge < -0.3 is 4.74 Å². The van der Waals surface area contributed by atoms with Gasteiger partial charge in [-0.25, -0.2) is 9.36 Å². The van der Waals surface area contributed by atoms with Gasteiger partial charge in [0.05, 0.1) is 0 Å². The molecule has 2 aromatic rings. The highest BCUT2D eigenvalue weighted by molar-refractivity contribution is 5.44. The van der Waals surface area contributed by atoms with Crippen LogP contribution in [0.4, 0.5) is 26.3 Å². The van der Waals surface area contributed by atoms with Crippen molar-refractivity contribution in [2.75, 3.05) is 6.61 Å². The molecule has 0 aliphatic rings. The van der Waals surface area contributed by atoms with Crippen LogP contribution in [0.15, 0.2) is 18.5 Å². The van der Waals surface area contributed by atoms with E-state index >= 15 is 0 Å². The van der Waals surface area contributed by atoms with Crippen LogP contribution in [0, 0.1) is 0 Å². The molecule has 0 aliphatic heterocycles. The van der Waals surface area contributed by atoms with Gasteiger partial charge in [0.2, 0.25) is 5.88 Å². The van der Waals surface area contributed by atoms with Gasteiger partial charge in [0.1, 0.15) is 0 Å². The van der Waals surface area contributed by atoms with Crippen LogP contribution in [0.25, 0.3) is 5.82 Å². The summed E-state index contributed by atoms with van der Waals surface area (Å²) in [5, 5.41) is 6.97. The second kappa shape index (κ2) is 4.97. The Kier molecular flexibility index (Phi) is 3.59. The van der Waals surface area contributed by atoms with Crippen molar-refractivity contribution in [2.45, 2.75) is 12.4 Å². The summed E-state index contributed by atoms with van der Waals surface area (Å²) < 4.78 is 81.3. The number of ether oxygens (including phenoxy) is 1. The van der Waals surface area contributed by atoms with Crippen LogP contribution in [0.1, 0.15) is 5.56 Å². The molecule has 116 valence electrons. The number of hydrogen-bond donors (Lipinski definition) is 0. The molecule has 5 nitrogen and oxygen atoms in total. The highest BCUT2D eigenvalue weighted by Crippen LogP contribution is 2.40. The fraction of sp³-hybridized carbons (Fsp3) is 0.400. The van der Waals surface area contributed by atoms with Gasteiger partial charge >= 0.3 is 12.4 Å². The summed E-state index contributed by atoms with van der Waals surface area (Å²) in [6, 6.07) is 1.36. The van der Waals surface area contributed by atoms with E-state index in [9.17, 15) is 26.3 Å². The van der Waals surface area contributed by atoms with Gasteiger partial charge in [0.25, 0.3) is 0 Å². The van der Waals surface area contributed by atoms with Crippen molar-refractivity contribution < 1.29 is 31.1 Å². The number of nitrogens with zero attached hydrogens (tertiary/aromatic N) is 4. The van der Waals surface area contributed by atoms with Crippen LogP contribution in [0.2, 0.25) is 0 Å². The zero-order valence-corrected chi connectivity index (χ0v) is 10.4. The average molecular weight is 314 g/mol. The van der Waals surface area contributed by atoms with Crippen LogP contribution < -0.4 is 4.74 Å². The molecule has 0 unspecified atom stereocenters. The topological polar surface area (TPSA) is 44.9 Å². The number of hydrogen-bond acceptors (Lipinski definition) is 3. The molecule has 0 amide bonds. The molecule has 21 heavy (non-hydrogen) atoms. The smallest absolute Gasteiger partial charge is 0.425 e. The van der Waals surface area contributed by atoms with Gasteiger partial charge in [-0.3, -0.25) is 0 Å². The Morgan fingerprint density at radius 2 is 1.86 bits per heavy atom. The van der Waals surface area contributed by atoms with Crippen molar-refractivity contribution >= 4 is 0 Å². The lowest BCUT2D eigenvalue weighted by atomic mass is 10.3. The maximum Gasteiger partial charge on any atom is 0.425 e. The SMILES string of the molecule is Cn1nc(OCC(F)(F)F)c(C(F)(F)F)c1-n1cccn1. The molecule has 2 rings (SSSR count). The normalized spacial score (nSPS) is 12.7. The minimum absolute atomic E-state index is 0.537. The van der Waals surface area contributed by atoms with Gasteiger partial charge in [0, 0.05) is 19.4 Å². The molecule has 0 aromatic carbocycles. The van der Waals surface area contributed by atoms with E-state index in [1.54, 1.807) is 0 Å². The van der Waals surface area contributed by atoms with E-state index in [1.165, 1.54) is 18.5 Å². The van der Waals surface area contributed by atoms with E-state index in [0.29, 0.717) is 0 Å². The fourth-order valence-electron chi connectivity index (χ4n) is 1.65. The van der Waals surface area contributed by atoms with Crippen LogP contribution in [-0.2, 0) is 13.2 Å². The van der Waals surface area contributed by atoms with E-state index in [2.05, 4.69) is 14.9 Å². The number of alkyl halides is 6. The third kappa shape index (κ3) is 3.28. The molecule has 0 spiro atoms. The van der Waals surface area contributed by atoms with Crippen LogP contribution in [0.3, 0.4) is 0 Å². The molecule has 0 fully saturated rings. The van der Waals surface area contributed by atoms with E-state index in [0.717, 1.165) is 16.4 Å². The highest BCUT2D eigenvalue weighted by atomic mass is 19.4. The van der Waals surface area contributed by atoms with Gasteiger partial charge in [-0.2, -0.15) is 31.4 Å². The predicted molar refractivity (Wildman–Crippen MR) is 56.9 cm³/mol. The molecule has 0 radical (unpaired) electrons. The Hall–Kier alpha value is -2.20. The Bertz CT molecular complexity index is 613. The Morgan fingerprint density at radius 3 is 2.33 bits per heavy atom. The summed E-state index contributed by atoms with van der Waals surface area (Å²) in [6.45, 7) is -1.87. The standard InChI is InChI=1S/C10H8F6N4O/c1-19-8(20-4-2-3-17-20)6(10(14,15)16)7(18-19)21-5-9(11,12)13/h2-4H,5H2,1H3. The fourth-order valence-corrected chi connectivity index (χ4v) is 1.65. The lowest BCUT2D eigenvalue weighted by Crippen LogP contribution is -2.21. The number of halogens is 6. The number of aromatic nitrogens is 4. The zero-order valence-electron chi connectivity index (χ0n) is 10.4. The summed E-state index contributed by atoms with van der Waals surface area (Å²) >= 11 is 0. The van der Waals surface area contributed by atoms with E-state index in [4.69, 9.17) is 0 Å². The number of aryl methyl sites for hydroxylation is 1. The Labute approximate surface area is 113 Å². The lowest BCUT2D eigenvalue weighted by molar-refractivity contribution is -0.159. The van der Waals surface area contributed by atoms with E-state index < -0.39 is 36.2 Å². The van der Waals surface area contributed by atoms with Gasteiger partial charge in [0.15, 0.2) is 18.0 Å². The summed E-state index contributed by atoms with van der Waals surface area (Å²) in [5.74, 6) is -1.68. The summed E-state index contributed by atoms with van der Waals surface area (Å²) in [4.78, 5) is 0. The van der Waals surface area contributed by atoms with Crippen molar-refractivity contribution in [3.63, 3.8) is 0 Å². The lowest BCUT2D eigenvalue weighted by Gasteiger charge is -2.11. The van der Waals surface area contributed by atoms with Crippen LogP contribution in [-0.4, -0.2) is 32.3 Å². The molecular formula is C10H8F6N4O. The van der Waals surface area contributed by atoms with Crippen molar-refractivity contribution in [3.05, 3.63) is 24.0 Å². The van der Waals surface area contributed by atoms with Crippen molar-refractivity contribution in [1.29, 1.82) is 0 Å². The first kappa shape index (κ1) is 15.2. The third-order valence-corrected chi connectivity index (χ3v) is 2.36. The van der Waals surface area contributed by atoms with Gasteiger partial charge in [-0.1, -0.05) is 0 Å². The van der Waals surface area contributed by atoms with Crippen LogP contribution in [0.5, 0.6) is 5.88 Å².